The van der Waals surface area contributed by atoms with Crippen LogP contribution in [0.4, 0.5) is 0 Å². The van der Waals surface area contributed by atoms with Crippen molar-refractivity contribution < 1.29 is 5.11 Å². The van der Waals surface area contributed by atoms with Crippen molar-refractivity contribution in [2.24, 2.45) is 11.7 Å². The lowest BCUT2D eigenvalue weighted by atomic mass is 10.1. The third-order valence-corrected chi connectivity index (χ3v) is 1.88. The van der Waals surface area contributed by atoms with Crippen molar-refractivity contribution in [1.82, 2.24) is 4.90 Å². The fourth-order valence-corrected chi connectivity index (χ4v) is 1.20. The zero-order valence-corrected chi connectivity index (χ0v) is 5.88. The van der Waals surface area contributed by atoms with Crippen LogP contribution in [0.25, 0.3) is 0 Å². The summed E-state index contributed by atoms with van der Waals surface area (Å²) in [6.07, 6.45) is 0.954. The first kappa shape index (κ1) is 7.34. The molecule has 0 aromatic carbocycles. The minimum atomic E-state index is 0.121. The molecule has 1 atom stereocenters. The van der Waals surface area contributed by atoms with Crippen molar-refractivity contribution in [2.75, 3.05) is 19.7 Å². The lowest BCUT2D eigenvalue weighted by Gasteiger charge is -2.14. The minimum Gasteiger partial charge on any atom is -0.396 e. The summed E-state index contributed by atoms with van der Waals surface area (Å²) in [6, 6.07) is 0. The number of likely N-dealkylation sites (tertiary alicyclic amines) is 1. The zero-order chi connectivity index (χ0) is 7.56. The molecule has 0 aromatic rings. The summed E-state index contributed by atoms with van der Waals surface area (Å²) in [5.74, 6) is 0.444. The van der Waals surface area contributed by atoms with Gasteiger partial charge in [0.15, 0.2) is 5.96 Å². The molecule has 4 heteroatoms. The average Bonchev–Trinajstić information content (AvgIpc) is 2.34. The van der Waals surface area contributed by atoms with Crippen LogP contribution >= 0.6 is 0 Å². The molecule has 1 heterocycles. The number of nitrogens with one attached hydrogen (secondary N) is 1. The Balaban J connectivity index is 2.35. The van der Waals surface area contributed by atoms with E-state index in [-0.39, 0.29) is 12.6 Å². The lowest BCUT2D eigenvalue weighted by Crippen LogP contribution is -2.34. The number of nitrogens with zero attached hydrogens (tertiary/aromatic N) is 1. The van der Waals surface area contributed by atoms with E-state index in [0.717, 1.165) is 19.5 Å². The normalized spacial score (nSPS) is 25.3. The molecule has 0 spiro atoms. The molecule has 0 bridgehead atoms. The molecule has 0 unspecified atom stereocenters. The Labute approximate surface area is 60.1 Å². The second-order valence-corrected chi connectivity index (χ2v) is 2.67. The third kappa shape index (κ3) is 1.39. The largest absolute Gasteiger partial charge is 0.396 e. The minimum absolute atomic E-state index is 0.121. The smallest absolute Gasteiger partial charge is 0.188 e. The van der Waals surface area contributed by atoms with E-state index in [2.05, 4.69) is 0 Å². The van der Waals surface area contributed by atoms with E-state index < -0.39 is 0 Å². The summed E-state index contributed by atoms with van der Waals surface area (Å²) in [5, 5.41) is 15.8. The van der Waals surface area contributed by atoms with Gasteiger partial charge in [0.05, 0.1) is 0 Å². The monoisotopic (exact) mass is 143 g/mol. The number of guanidine groups is 1. The van der Waals surface area contributed by atoms with Crippen molar-refractivity contribution in [3.05, 3.63) is 0 Å². The van der Waals surface area contributed by atoms with Crippen LogP contribution in [-0.4, -0.2) is 35.7 Å². The van der Waals surface area contributed by atoms with Gasteiger partial charge in [0, 0.05) is 25.6 Å². The molecule has 1 saturated heterocycles. The van der Waals surface area contributed by atoms with Gasteiger partial charge in [-0.2, -0.15) is 0 Å². The van der Waals surface area contributed by atoms with Crippen LogP contribution in [0.3, 0.4) is 0 Å². The van der Waals surface area contributed by atoms with E-state index in [1.54, 1.807) is 4.90 Å². The number of nitrogens with two attached hydrogens (primary N) is 1. The van der Waals surface area contributed by atoms with Crippen LogP contribution in [0.2, 0.25) is 0 Å². The molecule has 1 rings (SSSR count). The SMILES string of the molecule is N=C(N)N1CC[C@H](CO)C1. The molecular formula is C6H13N3O. The highest BCUT2D eigenvalue weighted by Crippen LogP contribution is 2.13. The van der Waals surface area contributed by atoms with E-state index in [1.807, 2.05) is 0 Å². The molecule has 1 aliphatic rings. The molecule has 0 radical (unpaired) electrons. The molecule has 1 aliphatic heterocycles. The predicted molar refractivity (Wildman–Crippen MR) is 38.7 cm³/mol. The van der Waals surface area contributed by atoms with Gasteiger partial charge in [0.1, 0.15) is 0 Å². The molecule has 4 nitrogen and oxygen atoms in total. The first-order valence-electron chi connectivity index (χ1n) is 3.44. The van der Waals surface area contributed by atoms with Gasteiger partial charge in [-0.05, 0) is 6.42 Å². The fraction of sp³-hybridized carbons (Fsp3) is 0.833. The molecule has 0 aliphatic carbocycles. The Bertz CT molecular complexity index is 137. The zero-order valence-electron chi connectivity index (χ0n) is 5.88. The van der Waals surface area contributed by atoms with Gasteiger partial charge in [0.2, 0.25) is 0 Å². The summed E-state index contributed by atoms with van der Waals surface area (Å²) in [4.78, 5) is 1.78. The van der Waals surface area contributed by atoms with Crippen LogP contribution < -0.4 is 5.73 Å². The maximum Gasteiger partial charge on any atom is 0.188 e. The van der Waals surface area contributed by atoms with E-state index in [1.165, 1.54) is 0 Å². The fourth-order valence-electron chi connectivity index (χ4n) is 1.20. The Kier molecular flexibility index (Phi) is 2.11. The maximum atomic E-state index is 8.73. The van der Waals surface area contributed by atoms with Gasteiger partial charge in [-0.3, -0.25) is 5.41 Å². The number of hydrogen-bond donors (Lipinski definition) is 3. The first-order chi connectivity index (χ1) is 4.74. The summed E-state index contributed by atoms with van der Waals surface area (Å²) in [5.41, 5.74) is 5.24. The van der Waals surface area contributed by atoms with Gasteiger partial charge in [-0.15, -0.1) is 0 Å². The second kappa shape index (κ2) is 2.88. The van der Waals surface area contributed by atoms with Gasteiger partial charge in [-0.1, -0.05) is 0 Å². The van der Waals surface area contributed by atoms with E-state index in [0.29, 0.717) is 5.92 Å². The van der Waals surface area contributed by atoms with Gasteiger partial charge >= 0.3 is 0 Å². The summed E-state index contributed by atoms with van der Waals surface area (Å²) in [7, 11) is 0. The number of rotatable bonds is 1. The topological polar surface area (TPSA) is 73.3 Å². The molecule has 0 aromatic heterocycles. The molecule has 10 heavy (non-hydrogen) atoms. The van der Waals surface area contributed by atoms with Gasteiger partial charge in [0.25, 0.3) is 0 Å². The lowest BCUT2D eigenvalue weighted by molar-refractivity contribution is 0.232. The highest BCUT2D eigenvalue weighted by atomic mass is 16.3. The summed E-state index contributed by atoms with van der Waals surface area (Å²) in [6.45, 7) is 1.77. The van der Waals surface area contributed by atoms with Crippen LogP contribution in [0.15, 0.2) is 0 Å². The summed E-state index contributed by atoms with van der Waals surface area (Å²) >= 11 is 0. The van der Waals surface area contributed by atoms with Crippen LogP contribution in [-0.2, 0) is 0 Å². The average molecular weight is 143 g/mol. The van der Waals surface area contributed by atoms with Crippen LogP contribution in [0, 0.1) is 11.3 Å². The summed E-state index contributed by atoms with van der Waals surface area (Å²) < 4.78 is 0. The molecule has 58 valence electrons. The Morgan fingerprint density at radius 2 is 2.50 bits per heavy atom. The molecular weight excluding hydrogens is 130 g/mol. The molecule has 0 amide bonds. The highest BCUT2D eigenvalue weighted by Gasteiger charge is 2.21. The molecule has 1 fully saturated rings. The van der Waals surface area contributed by atoms with Crippen molar-refractivity contribution in [1.29, 1.82) is 5.41 Å². The third-order valence-electron chi connectivity index (χ3n) is 1.88. The van der Waals surface area contributed by atoms with Crippen molar-refractivity contribution >= 4 is 5.96 Å². The van der Waals surface area contributed by atoms with Gasteiger partial charge in [-0.25, -0.2) is 0 Å². The predicted octanol–water partition coefficient (Wildman–Crippen LogP) is -0.806. The van der Waals surface area contributed by atoms with Crippen molar-refractivity contribution in [3.8, 4) is 0 Å². The molecule has 0 saturated carbocycles. The number of hydrogen-bond acceptors (Lipinski definition) is 2. The quantitative estimate of drug-likeness (QED) is 0.332. The van der Waals surface area contributed by atoms with Crippen LogP contribution in [0.1, 0.15) is 6.42 Å². The number of aliphatic hydroxyl groups is 1. The molecule has 4 N–H and O–H groups in total. The van der Waals surface area contributed by atoms with E-state index in [4.69, 9.17) is 16.2 Å². The maximum absolute atomic E-state index is 8.73. The Morgan fingerprint density at radius 1 is 1.80 bits per heavy atom. The van der Waals surface area contributed by atoms with E-state index >= 15 is 0 Å². The van der Waals surface area contributed by atoms with Gasteiger partial charge < -0.3 is 15.7 Å². The standard InChI is InChI=1S/C6H13N3O/c7-6(8)9-2-1-5(3-9)4-10/h5,10H,1-4H2,(H3,7,8)/t5-/m0/s1. The van der Waals surface area contributed by atoms with E-state index in [9.17, 15) is 0 Å². The van der Waals surface area contributed by atoms with Crippen molar-refractivity contribution in [2.45, 2.75) is 6.42 Å². The Morgan fingerprint density at radius 3 is 2.80 bits per heavy atom. The Hall–Kier alpha value is -0.770. The van der Waals surface area contributed by atoms with Crippen molar-refractivity contribution in [3.63, 3.8) is 0 Å². The second-order valence-electron chi connectivity index (χ2n) is 2.67. The first-order valence-corrected chi connectivity index (χ1v) is 3.44. The van der Waals surface area contributed by atoms with Crippen LogP contribution in [0.5, 0.6) is 0 Å². The highest BCUT2D eigenvalue weighted by molar-refractivity contribution is 5.74. The number of aliphatic hydroxyl groups excluding tert-OH is 1.